The highest BCUT2D eigenvalue weighted by atomic mass is 127. The molecule has 1 aromatic carbocycles. The number of nitrogens with two attached hydrogens (primary N) is 1. The zero-order valence-electron chi connectivity index (χ0n) is 8.62. The number of amides is 1. The molecule has 1 heterocycles. The minimum absolute atomic E-state index is 0.0741. The number of hydrogen-bond donors (Lipinski definition) is 1. The van der Waals surface area contributed by atoms with Crippen LogP contribution in [0.15, 0.2) is 22.7 Å². The average Bonchev–Trinajstić information content (AvgIpc) is 2.68. The fourth-order valence-corrected chi connectivity index (χ4v) is 2.50. The Balaban J connectivity index is 2.18. The van der Waals surface area contributed by atoms with Crippen LogP contribution in [0.4, 0.5) is 0 Å². The second kappa shape index (κ2) is 5.01. The Hall–Kier alpha value is -0.140. The monoisotopic (exact) mass is 394 g/mol. The summed E-state index contributed by atoms with van der Waals surface area (Å²) in [7, 11) is 0. The summed E-state index contributed by atoms with van der Waals surface area (Å²) in [6.45, 7) is 1.44. The van der Waals surface area contributed by atoms with Gasteiger partial charge in [0.15, 0.2) is 0 Å². The van der Waals surface area contributed by atoms with E-state index in [0.717, 1.165) is 26.6 Å². The summed E-state index contributed by atoms with van der Waals surface area (Å²) in [6, 6.07) is 5.80. The summed E-state index contributed by atoms with van der Waals surface area (Å²) in [4.78, 5) is 13.9. The van der Waals surface area contributed by atoms with Crippen molar-refractivity contribution in [3.05, 3.63) is 31.8 Å². The van der Waals surface area contributed by atoms with Crippen LogP contribution in [0, 0.1) is 3.57 Å². The molecule has 2 rings (SSSR count). The Kier molecular flexibility index (Phi) is 3.86. The quantitative estimate of drug-likeness (QED) is 0.742. The van der Waals surface area contributed by atoms with Gasteiger partial charge in [0.1, 0.15) is 0 Å². The first kappa shape index (κ1) is 12.3. The van der Waals surface area contributed by atoms with Gasteiger partial charge in [-0.15, -0.1) is 0 Å². The molecule has 1 saturated heterocycles. The van der Waals surface area contributed by atoms with Gasteiger partial charge in [-0.25, -0.2) is 0 Å². The number of likely N-dealkylation sites (tertiary alicyclic amines) is 1. The van der Waals surface area contributed by atoms with Gasteiger partial charge in [0.25, 0.3) is 5.91 Å². The molecule has 0 aromatic heterocycles. The maximum atomic E-state index is 12.1. The topological polar surface area (TPSA) is 46.3 Å². The molecule has 0 saturated carbocycles. The van der Waals surface area contributed by atoms with Crippen LogP contribution < -0.4 is 5.73 Å². The van der Waals surface area contributed by atoms with Gasteiger partial charge in [0.2, 0.25) is 0 Å². The molecule has 1 amide bonds. The normalized spacial score (nSPS) is 20.2. The number of carbonyl (C=O) groups is 1. The number of rotatable bonds is 1. The van der Waals surface area contributed by atoms with Crippen molar-refractivity contribution in [2.75, 3.05) is 13.1 Å². The summed E-state index contributed by atoms with van der Waals surface area (Å²) < 4.78 is 2.06. The molecule has 1 aromatic rings. The Bertz CT molecular complexity index is 424. The lowest BCUT2D eigenvalue weighted by atomic mass is 10.2. The Morgan fingerprint density at radius 2 is 2.31 bits per heavy atom. The van der Waals surface area contributed by atoms with E-state index in [2.05, 4.69) is 38.5 Å². The van der Waals surface area contributed by atoms with Crippen LogP contribution in [0.3, 0.4) is 0 Å². The highest BCUT2D eigenvalue weighted by molar-refractivity contribution is 14.1. The van der Waals surface area contributed by atoms with E-state index >= 15 is 0 Å². The molecule has 0 radical (unpaired) electrons. The Morgan fingerprint density at radius 3 is 2.88 bits per heavy atom. The van der Waals surface area contributed by atoms with Crippen LogP contribution in [0.25, 0.3) is 0 Å². The van der Waals surface area contributed by atoms with E-state index < -0.39 is 0 Å². The minimum atomic E-state index is 0.0741. The molecule has 1 fully saturated rings. The third kappa shape index (κ3) is 2.57. The zero-order valence-corrected chi connectivity index (χ0v) is 12.4. The molecule has 1 aliphatic rings. The second-order valence-electron chi connectivity index (χ2n) is 3.93. The van der Waals surface area contributed by atoms with E-state index in [0.29, 0.717) is 6.54 Å². The predicted octanol–water partition coefficient (Wildman–Crippen LogP) is 2.23. The molecule has 5 heteroatoms. The smallest absolute Gasteiger partial charge is 0.253 e. The van der Waals surface area contributed by atoms with E-state index in [1.165, 1.54) is 0 Å². The predicted molar refractivity (Wildman–Crippen MR) is 75.4 cm³/mol. The van der Waals surface area contributed by atoms with Crippen LogP contribution >= 0.6 is 38.5 Å². The molecule has 2 N–H and O–H groups in total. The maximum absolute atomic E-state index is 12.1. The summed E-state index contributed by atoms with van der Waals surface area (Å²) in [5.74, 6) is 0.0741. The van der Waals surface area contributed by atoms with Gasteiger partial charge in [0.05, 0.1) is 0 Å². The van der Waals surface area contributed by atoms with E-state index in [-0.39, 0.29) is 11.9 Å². The van der Waals surface area contributed by atoms with Gasteiger partial charge in [-0.1, -0.05) is 0 Å². The summed E-state index contributed by atoms with van der Waals surface area (Å²) in [6.07, 6.45) is 0.900. The summed E-state index contributed by atoms with van der Waals surface area (Å²) in [5.41, 5.74) is 6.51. The van der Waals surface area contributed by atoms with Crippen LogP contribution in [-0.4, -0.2) is 29.9 Å². The van der Waals surface area contributed by atoms with Crippen molar-refractivity contribution >= 4 is 44.4 Å². The Morgan fingerprint density at radius 1 is 1.56 bits per heavy atom. The van der Waals surface area contributed by atoms with Crippen molar-refractivity contribution in [3.8, 4) is 0 Å². The lowest BCUT2D eigenvalue weighted by Gasteiger charge is -2.16. The molecule has 0 spiro atoms. The molecule has 1 aliphatic heterocycles. The fraction of sp³-hybridized carbons (Fsp3) is 0.364. The van der Waals surface area contributed by atoms with Crippen LogP contribution in [0.5, 0.6) is 0 Å². The Labute approximate surface area is 117 Å². The first-order chi connectivity index (χ1) is 7.58. The van der Waals surface area contributed by atoms with Crippen molar-refractivity contribution in [1.29, 1.82) is 0 Å². The zero-order chi connectivity index (χ0) is 11.7. The SMILES string of the molecule is NC1CCN(C(=O)c2ccc(I)c(Br)c2)C1. The van der Waals surface area contributed by atoms with Gasteiger partial charge < -0.3 is 10.6 Å². The molecule has 3 nitrogen and oxygen atoms in total. The van der Waals surface area contributed by atoms with Crippen molar-refractivity contribution in [2.24, 2.45) is 5.73 Å². The largest absolute Gasteiger partial charge is 0.337 e. The van der Waals surface area contributed by atoms with Gasteiger partial charge in [-0.2, -0.15) is 0 Å². The maximum Gasteiger partial charge on any atom is 0.253 e. The van der Waals surface area contributed by atoms with Gasteiger partial charge in [-0.3, -0.25) is 4.79 Å². The third-order valence-electron chi connectivity index (χ3n) is 2.68. The van der Waals surface area contributed by atoms with Crippen molar-refractivity contribution in [1.82, 2.24) is 4.90 Å². The lowest BCUT2D eigenvalue weighted by Crippen LogP contribution is -2.31. The number of hydrogen-bond acceptors (Lipinski definition) is 2. The van der Waals surface area contributed by atoms with Crippen molar-refractivity contribution in [3.63, 3.8) is 0 Å². The van der Waals surface area contributed by atoms with Crippen molar-refractivity contribution in [2.45, 2.75) is 12.5 Å². The van der Waals surface area contributed by atoms with Crippen molar-refractivity contribution < 1.29 is 4.79 Å². The summed E-state index contributed by atoms with van der Waals surface area (Å²) >= 11 is 5.66. The number of nitrogens with zero attached hydrogens (tertiary/aromatic N) is 1. The fourth-order valence-electron chi connectivity index (χ4n) is 1.78. The van der Waals surface area contributed by atoms with Crippen LogP contribution in [0.2, 0.25) is 0 Å². The molecular weight excluding hydrogens is 383 g/mol. The van der Waals surface area contributed by atoms with Gasteiger partial charge in [0, 0.05) is 32.7 Å². The molecule has 0 bridgehead atoms. The first-order valence-corrected chi connectivity index (χ1v) is 6.95. The third-order valence-corrected chi connectivity index (χ3v) is 5.02. The van der Waals surface area contributed by atoms with E-state index in [1.54, 1.807) is 0 Å². The van der Waals surface area contributed by atoms with Gasteiger partial charge >= 0.3 is 0 Å². The molecule has 86 valence electrons. The van der Waals surface area contributed by atoms with E-state index in [9.17, 15) is 4.79 Å². The molecule has 16 heavy (non-hydrogen) atoms. The van der Waals surface area contributed by atoms with Gasteiger partial charge in [-0.05, 0) is 63.1 Å². The number of carbonyl (C=O) groups excluding carboxylic acids is 1. The molecule has 1 atom stereocenters. The highest BCUT2D eigenvalue weighted by Gasteiger charge is 2.24. The highest BCUT2D eigenvalue weighted by Crippen LogP contribution is 2.22. The molecule has 0 aliphatic carbocycles. The average molecular weight is 395 g/mol. The standard InChI is InChI=1S/C11H12BrIN2O/c12-9-5-7(1-2-10(9)13)11(16)15-4-3-8(14)6-15/h1-2,5,8H,3-4,6,14H2. The van der Waals surface area contributed by atoms with Crippen LogP contribution in [0.1, 0.15) is 16.8 Å². The second-order valence-corrected chi connectivity index (χ2v) is 5.95. The van der Waals surface area contributed by atoms with E-state index in [1.807, 2.05) is 23.1 Å². The molecular formula is C11H12BrIN2O. The molecule has 1 unspecified atom stereocenters. The minimum Gasteiger partial charge on any atom is -0.337 e. The van der Waals surface area contributed by atoms with Crippen LogP contribution in [-0.2, 0) is 0 Å². The number of halogens is 2. The lowest BCUT2D eigenvalue weighted by molar-refractivity contribution is 0.0791. The summed E-state index contributed by atoms with van der Waals surface area (Å²) in [5, 5.41) is 0. The first-order valence-electron chi connectivity index (χ1n) is 5.08. The number of benzene rings is 1. The van der Waals surface area contributed by atoms with E-state index in [4.69, 9.17) is 5.73 Å².